The van der Waals surface area contributed by atoms with Crippen LogP contribution in [0.4, 0.5) is 0 Å². The Hall–Kier alpha value is -3.74. The van der Waals surface area contributed by atoms with Gasteiger partial charge in [-0.25, -0.2) is 4.98 Å². The number of nitrogens with one attached hydrogen (secondary N) is 2. The number of aromatic nitrogens is 1. The van der Waals surface area contributed by atoms with E-state index in [-0.39, 0.29) is 0 Å². The van der Waals surface area contributed by atoms with Crippen LogP contribution >= 0.6 is 0 Å². The van der Waals surface area contributed by atoms with E-state index in [9.17, 15) is 0 Å². The highest BCUT2D eigenvalue weighted by atomic mass is 16.5. The molecule has 0 fully saturated rings. The van der Waals surface area contributed by atoms with Gasteiger partial charge in [-0.15, -0.1) is 0 Å². The zero-order chi connectivity index (χ0) is 21.7. The summed E-state index contributed by atoms with van der Waals surface area (Å²) in [5.41, 5.74) is 2.05. The summed E-state index contributed by atoms with van der Waals surface area (Å²) in [5, 5.41) is 6.52. The lowest BCUT2D eigenvalue weighted by Gasteiger charge is -2.14. The quantitative estimate of drug-likeness (QED) is 0.297. The van der Waals surface area contributed by atoms with Gasteiger partial charge in [-0.3, -0.25) is 4.99 Å². The first-order chi connectivity index (χ1) is 15.3. The number of aliphatic imine (C=N–C) groups is 1. The van der Waals surface area contributed by atoms with Gasteiger partial charge in [-0.05, 0) is 35.9 Å². The Bertz CT molecular complexity index is 947. The molecular formula is C24H28N4O3. The maximum atomic E-state index is 5.91. The molecule has 0 saturated carbocycles. The number of guanidine groups is 1. The normalized spacial score (nSPS) is 11.0. The van der Waals surface area contributed by atoms with Gasteiger partial charge < -0.3 is 24.8 Å². The summed E-state index contributed by atoms with van der Waals surface area (Å²) in [5.74, 6) is 2.88. The fraction of sp³-hybridized carbons (Fsp3) is 0.250. The largest absolute Gasteiger partial charge is 0.497 e. The predicted octanol–water partition coefficient (Wildman–Crippen LogP) is 3.41. The van der Waals surface area contributed by atoms with E-state index in [2.05, 4.69) is 20.6 Å². The first kappa shape index (κ1) is 22.0. The Morgan fingerprint density at radius 1 is 0.903 bits per heavy atom. The first-order valence-electron chi connectivity index (χ1n) is 10.1. The van der Waals surface area contributed by atoms with Crippen LogP contribution in [0.15, 0.2) is 77.9 Å². The summed E-state index contributed by atoms with van der Waals surface area (Å²) in [4.78, 5) is 8.62. The van der Waals surface area contributed by atoms with Gasteiger partial charge >= 0.3 is 0 Å². The van der Waals surface area contributed by atoms with E-state index in [1.165, 1.54) is 0 Å². The van der Waals surface area contributed by atoms with Gasteiger partial charge in [0.2, 0.25) is 5.88 Å². The summed E-state index contributed by atoms with van der Waals surface area (Å²) < 4.78 is 16.8. The highest BCUT2D eigenvalue weighted by Gasteiger charge is 2.07. The van der Waals surface area contributed by atoms with Crippen molar-refractivity contribution in [2.45, 2.75) is 13.2 Å². The van der Waals surface area contributed by atoms with E-state index in [1.807, 2.05) is 66.7 Å². The Balaban J connectivity index is 1.43. The second-order valence-electron chi connectivity index (χ2n) is 6.62. The molecule has 3 aromatic rings. The molecule has 7 nitrogen and oxygen atoms in total. The van der Waals surface area contributed by atoms with Gasteiger partial charge in [0.05, 0.1) is 13.7 Å². The summed E-state index contributed by atoms with van der Waals surface area (Å²) in [6, 6.07) is 21.4. The number of rotatable bonds is 10. The zero-order valence-corrected chi connectivity index (χ0v) is 17.9. The molecule has 1 heterocycles. The van der Waals surface area contributed by atoms with Crippen molar-refractivity contribution in [3.63, 3.8) is 0 Å². The van der Waals surface area contributed by atoms with E-state index >= 15 is 0 Å². The highest BCUT2D eigenvalue weighted by Crippen LogP contribution is 2.17. The van der Waals surface area contributed by atoms with Crippen LogP contribution in [0.3, 0.4) is 0 Å². The molecule has 0 amide bonds. The molecule has 0 bridgehead atoms. The molecule has 0 atom stereocenters. The molecule has 3 rings (SSSR count). The Labute approximate surface area is 183 Å². The van der Waals surface area contributed by atoms with Crippen LogP contribution < -0.4 is 24.8 Å². The lowest BCUT2D eigenvalue weighted by Crippen LogP contribution is -2.39. The van der Waals surface area contributed by atoms with Crippen molar-refractivity contribution in [2.75, 3.05) is 27.3 Å². The number of nitrogens with zero attached hydrogens (tertiary/aromatic N) is 2. The van der Waals surface area contributed by atoms with Gasteiger partial charge in [0.1, 0.15) is 24.7 Å². The van der Waals surface area contributed by atoms with Gasteiger partial charge in [0, 0.05) is 25.4 Å². The van der Waals surface area contributed by atoms with E-state index in [1.54, 1.807) is 20.4 Å². The van der Waals surface area contributed by atoms with Crippen molar-refractivity contribution < 1.29 is 14.2 Å². The number of hydrogen-bond donors (Lipinski definition) is 2. The lowest BCUT2D eigenvalue weighted by molar-refractivity contribution is 0.290. The van der Waals surface area contributed by atoms with Crippen LogP contribution in [0, 0.1) is 0 Å². The summed E-state index contributed by atoms with van der Waals surface area (Å²) in [6.07, 6.45) is 1.73. The Morgan fingerprint density at radius 2 is 1.68 bits per heavy atom. The van der Waals surface area contributed by atoms with Crippen molar-refractivity contribution in [1.29, 1.82) is 0 Å². The molecule has 1 aromatic heterocycles. The van der Waals surface area contributed by atoms with E-state index < -0.39 is 0 Å². The average molecular weight is 421 g/mol. The molecule has 0 radical (unpaired) electrons. The topological polar surface area (TPSA) is 77.0 Å². The number of benzene rings is 2. The fourth-order valence-electron chi connectivity index (χ4n) is 2.82. The van der Waals surface area contributed by atoms with Gasteiger partial charge in [-0.1, -0.05) is 36.4 Å². The van der Waals surface area contributed by atoms with Crippen molar-refractivity contribution in [1.82, 2.24) is 15.6 Å². The Morgan fingerprint density at radius 3 is 2.42 bits per heavy atom. The molecule has 0 aliphatic heterocycles. The summed E-state index contributed by atoms with van der Waals surface area (Å²) in [7, 11) is 3.37. The van der Waals surface area contributed by atoms with Crippen LogP contribution in [0.2, 0.25) is 0 Å². The van der Waals surface area contributed by atoms with Crippen LogP contribution in [0.25, 0.3) is 0 Å². The van der Waals surface area contributed by atoms with Crippen LogP contribution in [0.1, 0.15) is 11.1 Å². The maximum Gasteiger partial charge on any atom is 0.218 e. The molecule has 31 heavy (non-hydrogen) atoms. The second-order valence-corrected chi connectivity index (χ2v) is 6.62. The minimum absolute atomic E-state index is 0.473. The molecule has 2 N–H and O–H groups in total. The maximum absolute atomic E-state index is 5.91. The monoisotopic (exact) mass is 420 g/mol. The van der Waals surface area contributed by atoms with Gasteiger partial charge in [-0.2, -0.15) is 0 Å². The van der Waals surface area contributed by atoms with Crippen LogP contribution in [0.5, 0.6) is 17.4 Å². The smallest absolute Gasteiger partial charge is 0.218 e. The van der Waals surface area contributed by atoms with Crippen LogP contribution in [-0.2, 0) is 13.2 Å². The third-order valence-electron chi connectivity index (χ3n) is 4.46. The van der Waals surface area contributed by atoms with Crippen molar-refractivity contribution in [2.24, 2.45) is 4.99 Å². The number of hydrogen-bond acceptors (Lipinski definition) is 5. The average Bonchev–Trinajstić information content (AvgIpc) is 2.84. The van der Waals surface area contributed by atoms with E-state index in [4.69, 9.17) is 14.2 Å². The Kier molecular flexibility index (Phi) is 8.55. The van der Waals surface area contributed by atoms with Crippen molar-refractivity contribution in [3.8, 4) is 17.4 Å². The minimum Gasteiger partial charge on any atom is -0.497 e. The second kappa shape index (κ2) is 12.1. The molecule has 0 aliphatic carbocycles. The third kappa shape index (κ3) is 7.22. The molecule has 0 spiro atoms. The minimum atomic E-state index is 0.473. The van der Waals surface area contributed by atoms with E-state index in [0.717, 1.165) is 22.6 Å². The fourth-order valence-corrected chi connectivity index (χ4v) is 2.82. The summed E-state index contributed by atoms with van der Waals surface area (Å²) in [6.45, 7) is 2.12. The number of methoxy groups -OCH3 is 1. The predicted molar refractivity (Wildman–Crippen MR) is 122 cm³/mol. The molecule has 7 heteroatoms. The van der Waals surface area contributed by atoms with E-state index in [0.29, 0.717) is 38.1 Å². The number of pyridine rings is 1. The lowest BCUT2D eigenvalue weighted by atomic mass is 10.2. The molecular weight excluding hydrogens is 392 g/mol. The summed E-state index contributed by atoms with van der Waals surface area (Å²) >= 11 is 0. The van der Waals surface area contributed by atoms with Gasteiger partial charge in [0.15, 0.2) is 5.96 Å². The highest BCUT2D eigenvalue weighted by molar-refractivity contribution is 5.79. The van der Waals surface area contributed by atoms with Crippen molar-refractivity contribution >= 4 is 5.96 Å². The van der Waals surface area contributed by atoms with Gasteiger partial charge in [0.25, 0.3) is 0 Å². The third-order valence-corrected chi connectivity index (χ3v) is 4.46. The zero-order valence-electron chi connectivity index (χ0n) is 17.9. The van der Waals surface area contributed by atoms with Crippen molar-refractivity contribution in [3.05, 3.63) is 84.1 Å². The molecule has 0 aliphatic rings. The number of ether oxygens (including phenoxy) is 3. The SMILES string of the molecule is CN=C(NCCOc1ccc(OC)cc1)NCc1cccnc1OCc1ccccc1. The molecule has 2 aromatic carbocycles. The standard InChI is InChI=1S/C24H28N4O3/c1-25-24(27-15-16-30-22-12-10-21(29-2)11-13-22)28-17-20-9-6-14-26-23(20)31-18-19-7-4-3-5-8-19/h3-14H,15-18H2,1-2H3,(H2,25,27,28). The first-order valence-corrected chi connectivity index (χ1v) is 10.1. The molecule has 0 saturated heterocycles. The molecule has 162 valence electrons. The molecule has 0 unspecified atom stereocenters. The van der Waals surface area contributed by atoms with Crippen LogP contribution in [-0.4, -0.2) is 38.3 Å².